The number of methoxy groups -OCH3 is 1. The Kier molecular flexibility index (Phi) is 4.90. The molecular formula is C15H20N2O4. The van der Waals surface area contributed by atoms with E-state index in [0.29, 0.717) is 18.7 Å². The summed E-state index contributed by atoms with van der Waals surface area (Å²) < 4.78 is 4.81. The van der Waals surface area contributed by atoms with E-state index in [-0.39, 0.29) is 22.5 Å². The molecule has 0 bridgehead atoms. The summed E-state index contributed by atoms with van der Waals surface area (Å²) in [6, 6.07) is 5.14. The number of benzene rings is 1. The Bertz CT molecular complexity index is 544. The Labute approximate surface area is 123 Å². The van der Waals surface area contributed by atoms with Crippen LogP contribution in [0.15, 0.2) is 18.2 Å². The van der Waals surface area contributed by atoms with E-state index in [0.717, 1.165) is 24.9 Å². The van der Waals surface area contributed by atoms with Crippen LogP contribution in [0.5, 0.6) is 0 Å². The van der Waals surface area contributed by atoms with Crippen molar-refractivity contribution in [1.82, 2.24) is 4.90 Å². The van der Waals surface area contributed by atoms with Gasteiger partial charge in [-0.2, -0.15) is 0 Å². The molecule has 114 valence electrons. The highest BCUT2D eigenvalue weighted by atomic mass is 16.6. The number of nitrogens with zero attached hydrogens (tertiary/aromatic N) is 2. The van der Waals surface area contributed by atoms with Gasteiger partial charge in [-0.15, -0.1) is 0 Å². The zero-order valence-electron chi connectivity index (χ0n) is 12.4. The first-order chi connectivity index (χ1) is 10.0. The van der Waals surface area contributed by atoms with E-state index < -0.39 is 0 Å². The van der Waals surface area contributed by atoms with E-state index in [1.54, 1.807) is 13.0 Å². The monoisotopic (exact) mass is 292 g/mol. The predicted molar refractivity (Wildman–Crippen MR) is 77.9 cm³/mol. The smallest absolute Gasteiger partial charge is 0.309 e. The third-order valence-corrected chi connectivity index (χ3v) is 4.05. The number of carbonyl (C=O) groups excluding carboxylic acids is 1. The normalized spacial score (nSPS) is 19.2. The first-order valence-electron chi connectivity index (χ1n) is 7.06. The molecule has 2 rings (SSSR count). The maximum absolute atomic E-state index is 11.6. The van der Waals surface area contributed by atoms with E-state index in [2.05, 4.69) is 4.90 Å². The topological polar surface area (TPSA) is 72.7 Å². The van der Waals surface area contributed by atoms with Gasteiger partial charge in [-0.3, -0.25) is 19.8 Å². The average molecular weight is 292 g/mol. The first kappa shape index (κ1) is 15.4. The quantitative estimate of drug-likeness (QED) is 0.483. The number of likely N-dealkylation sites (tertiary alicyclic amines) is 1. The average Bonchev–Trinajstić information content (AvgIpc) is 2.48. The first-order valence-corrected chi connectivity index (χ1v) is 7.06. The van der Waals surface area contributed by atoms with Crippen molar-refractivity contribution in [3.8, 4) is 0 Å². The van der Waals surface area contributed by atoms with Gasteiger partial charge < -0.3 is 4.74 Å². The Balaban J connectivity index is 2.09. The van der Waals surface area contributed by atoms with Gasteiger partial charge >= 0.3 is 5.97 Å². The van der Waals surface area contributed by atoms with Gasteiger partial charge in [0.1, 0.15) is 0 Å². The van der Waals surface area contributed by atoms with Gasteiger partial charge in [-0.1, -0.05) is 12.1 Å². The molecule has 6 nitrogen and oxygen atoms in total. The van der Waals surface area contributed by atoms with Crippen LogP contribution in [0.2, 0.25) is 0 Å². The molecule has 0 N–H and O–H groups in total. The van der Waals surface area contributed by atoms with Crippen molar-refractivity contribution < 1.29 is 14.5 Å². The summed E-state index contributed by atoms with van der Waals surface area (Å²) in [6.07, 6.45) is 1.78. The second-order valence-corrected chi connectivity index (χ2v) is 5.42. The molecule has 1 atom stereocenters. The second-order valence-electron chi connectivity index (χ2n) is 5.42. The van der Waals surface area contributed by atoms with Gasteiger partial charge in [0.05, 0.1) is 18.0 Å². The highest BCUT2D eigenvalue weighted by Crippen LogP contribution is 2.25. The van der Waals surface area contributed by atoms with E-state index in [1.165, 1.54) is 13.2 Å². The minimum atomic E-state index is -0.355. The summed E-state index contributed by atoms with van der Waals surface area (Å²) >= 11 is 0. The Morgan fingerprint density at radius 1 is 1.52 bits per heavy atom. The van der Waals surface area contributed by atoms with Gasteiger partial charge in [0, 0.05) is 24.7 Å². The molecule has 1 heterocycles. The fraction of sp³-hybridized carbons (Fsp3) is 0.533. The van der Waals surface area contributed by atoms with Gasteiger partial charge in [0.15, 0.2) is 0 Å². The van der Waals surface area contributed by atoms with Gasteiger partial charge in [-0.25, -0.2) is 0 Å². The van der Waals surface area contributed by atoms with Crippen LogP contribution >= 0.6 is 0 Å². The number of hydrogen-bond acceptors (Lipinski definition) is 5. The van der Waals surface area contributed by atoms with Crippen LogP contribution in [-0.2, 0) is 16.1 Å². The third-order valence-electron chi connectivity index (χ3n) is 4.05. The van der Waals surface area contributed by atoms with Crippen molar-refractivity contribution in [2.24, 2.45) is 5.92 Å². The minimum Gasteiger partial charge on any atom is -0.469 e. The lowest BCUT2D eigenvalue weighted by Gasteiger charge is -2.31. The highest BCUT2D eigenvalue weighted by Gasteiger charge is 2.27. The number of rotatable bonds is 4. The van der Waals surface area contributed by atoms with Crippen molar-refractivity contribution in [3.63, 3.8) is 0 Å². The zero-order chi connectivity index (χ0) is 15.4. The number of piperidine rings is 1. The number of carbonyl (C=O) groups is 1. The lowest BCUT2D eigenvalue weighted by molar-refractivity contribution is -0.385. The largest absolute Gasteiger partial charge is 0.469 e. The molecule has 1 aliphatic rings. The molecule has 1 saturated heterocycles. The van der Waals surface area contributed by atoms with Gasteiger partial charge in [-0.05, 0) is 31.9 Å². The Morgan fingerprint density at radius 2 is 2.29 bits per heavy atom. The lowest BCUT2D eigenvalue weighted by atomic mass is 9.97. The molecule has 21 heavy (non-hydrogen) atoms. The van der Waals surface area contributed by atoms with Crippen molar-refractivity contribution >= 4 is 11.7 Å². The van der Waals surface area contributed by atoms with Crippen LogP contribution in [0, 0.1) is 23.0 Å². The lowest BCUT2D eigenvalue weighted by Crippen LogP contribution is -2.38. The zero-order valence-corrected chi connectivity index (χ0v) is 12.4. The van der Waals surface area contributed by atoms with E-state index in [9.17, 15) is 14.9 Å². The van der Waals surface area contributed by atoms with Crippen LogP contribution in [0.25, 0.3) is 0 Å². The Morgan fingerprint density at radius 3 is 2.95 bits per heavy atom. The van der Waals surface area contributed by atoms with Crippen LogP contribution in [0.4, 0.5) is 5.69 Å². The number of esters is 1. The molecule has 0 aliphatic carbocycles. The molecule has 0 spiro atoms. The standard InChI is InChI=1S/C15H20N2O4/c1-11-12(5-3-7-14(11)17(19)20)9-16-8-4-6-13(10-16)15(18)21-2/h3,5,7,13H,4,6,8-10H2,1-2H3. The van der Waals surface area contributed by atoms with E-state index in [1.807, 2.05) is 6.07 Å². The molecule has 0 aromatic heterocycles. The number of nitro benzene ring substituents is 1. The minimum absolute atomic E-state index is 0.0947. The third kappa shape index (κ3) is 3.58. The van der Waals surface area contributed by atoms with Crippen LogP contribution < -0.4 is 0 Å². The van der Waals surface area contributed by atoms with Gasteiger partial charge in [0.25, 0.3) is 5.69 Å². The molecule has 6 heteroatoms. The second kappa shape index (κ2) is 6.67. The molecule has 0 amide bonds. The van der Waals surface area contributed by atoms with Gasteiger partial charge in [0.2, 0.25) is 0 Å². The molecule has 0 saturated carbocycles. The number of hydrogen-bond donors (Lipinski definition) is 0. The van der Waals surface area contributed by atoms with Crippen LogP contribution in [0.1, 0.15) is 24.0 Å². The van der Waals surface area contributed by atoms with Crippen molar-refractivity contribution in [1.29, 1.82) is 0 Å². The Hall–Kier alpha value is -1.95. The number of nitro groups is 1. The summed E-state index contributed by atoms with van der Waals surface area (Å²) in [5, 5.41) is 11.0. The van der Waals surface area contributed by atoms with Crippen molar-refractivity contribution in [2.45, 2.75) is 26.3 Å². The molecule has 0 radical (unpaired) electrons. The maximum atomic E-state index is 11.6. The molecular weight excluding hydrogens is 272 g/mol. The van der Waals surface area contributed by atoms with Crippen LogP contribution in [0.3, 0.4) is 0 Å². The van der Waals surface area contributed by atoms with Crippen LogP contribution in [-0.4, -0.2) is 36.0 Å². The summed E-state index contributed by atoms with van der Waals surface area (Å²) in [5.74, 6) is -0.266. The number of ether oxygens (including phenoxy) is 1. The molecule has 1 aliphatic heterocycles. The summed E-state index contributed by atoms with van der Waals surface area (Å²) in [6.45, 7) is 3.95. The summed E-state index contributed by atoms with van der Waals surface area (Å²) in [4.78, 5) is 24.4. The molecule has 1 aromatic carbocycles. The summed E-state index contributed by atoms with van der Waals surface area (Å²) in [7, 11) is 1.41. The molecule has 1 fully saturated rings. The summed E-state index contributed by atoms with van der Waals surface area (Å²) in [5.41, 5.74) is 1.78. The molecule has 1 aromatic rings. The van der Waals surface area contributed by atoms with Crippen molar-refractivity contribution in [2.75, 3.05) is 20.2 Å². The van der Waals surface area contributed by atoms with E-state index >= 15 is 0 Å². The predicted octanol–water partition coefficient (Wildman–Crippen LogP) is 2.29. The fourth-order valence-corrected chi connectivity index (χ4v) is 2.84. The van der Waals surface area contributed by atoms with Crippen molar-refractivity contribution in [3.05, 3.63) is 39.4 Å². The fourth-order valence-electron chi connectivity index (χ4n) is 2.84. The van der Waals surface area contributed by atoms with E-state index in [4.69, 9.17) is 4.74 Å². The molecule has 1 unspecified atom stereocenters. The maximum Gasteiger partial charge on any atom is 0.309 e. The highest BCUT2D eigenvalue weighted by molar-refractivity contribution is 5.72. The SMILES string of the molecule is COC(=O)C1CCCN(Cc2cccc([N+](=O)[O-])c2C)C1.